The summed E-state index contributed by atoms with van der Waals surface area (Å²) < 4.78 is 0.979. The van der Waals surface area contributed by atoms with Gasteiger partial charge < -0.3 is 5.32 Å². The van der Waals surface area contributed by atoms with Crippen molar-refractivity contribution in [2.24, 2.45) is 0 Å². The Hall–Kier alpha value is -1.75. The quantitative estimate of drug-likeness (QED) is 0.926. The first kappa shape index (κ1) is 11.7. The fourth-order valence-electron chi connectivity index (χ4n) is 1.38. The zero-order valence-corrected chi connectivity index (χ0v) is 10.7. The minimum absolute atomic E-state index is 0.261. The summed E-state index contributed by atoms with van der Waals surface area (Å²) >= 11 is 3.37. The van der Waals surface area contributed by atoms with Crippen LogP contribution < -0.4 is 5.32 Å². The van der Waals surface area contributed by atoms with Crippen LogP contribution in [0.4, 0.5) is 5.69 Å². The number of hydrogen-bond donors (Lipinski definition) is 1. The number of nitrogens with one attached hydrogen (secondary N) is 1. The van der Waals surface area contributed by atoms with E-state index >= 15 is 0 Å². The van der Waals surface area contributed by atoms with Crippen molar-refractivity contribution >= 4 is 27.5 Å². The third kappa shape index (κ3) is 2.88. The molecular formula is C12H10BrN3O. The molecule has 0 aliphatic carbocycles. The first-order valence-corrected chi connectivity index (χ1v) is 5.81. The van der Waals surface area contributed by atoms with Crippen molar-refractivity contribution in [2.45, 2.75) is 6.92 Å². The predicted octanol–water partition coefficient (Wildman–Crippen LogP) is 2.80. The number of amides is 1. The molecule has 4 nitrogen and oxygen atoms in total. The van der Waals surface area contributed by atoms with Crippen LogP contribution in [-0.4, -0.2) is 16.1 Å². The molecule has 1 amide bonds. The minimum Gasteiger partial charge on any atom is -0.320 e. The molecule has 1 aromatic heterocycles. The molecule has 17 heavy (non-hydrogen) atoms. The molecule has 0 unspecified atom stereocenters. The molecule has 0 bridgehead atoms. The van der Waals surface area contributed by atoms with Crippen LogP contribution in [0.3, 0.4) is 0 Å². The zero-order chi connectivity index (χ0) is 12.3. The summed E-state index contributed by atoms with van der Waals surface area (Å²) in [4.78, 5) is 11.8. The van der Waals surface area contributed by atoms with Gasteiger partial charge in [0.2, 0.25) is 0 Å². The van der Waals surface area contributed by atoms with E-state index in [1.165, 1.54) is 6.20 Å². The van der Waals surface area contributed by atoms with E-state index in [1.54, 1.807) is 12.1 Å². The fourth-order valence-corrected chi connectivity index (χ4v) is 1.85. The second-order valence-electron chi connectivity index (χ2n) is 3.52. The minimum atomic E-state index is -0.261. The van der Waals surface area contributed by atoms with Crippen LogP contribution in [0.2, 0.25) is 0 Å². The highest BCUT2D eigenvalue weighted by Crippen LogP contribution is 2.20. The lowest BCUT2D eigenvalue weighted by Gasteiger charge is -2.07. The molecule has 0 radical (unpaired) electrons. The van der Waals surface area contributed by atoms with Crippen molar-refractivity contribution < 1.29 is 4.79 Å². The third-order valence-electron chi connectivity index (χ3n) is 2.24. The van der Waals surface area contributed by atoms with Gasteiger partial charge in [0.15, 0.2) is 5.69 Å². The molecular weight excluding hydrogens is 282 g/mol. The van der Waals surface area contributed by atoms with Gasteiger partial charge in [0, 0.05) is 16.4 Å². The van der Waals surface area contributed by atoms with Crippen LogP contribution in [0.1, 0.15) is 16.1 Å². The molecule has 0 atom stereocenters. The number of carbonyl (C=O) groups excluding carboxylic acids is 1. The van der Waals surface area contributed by atoms with Crippen LogP contribution in [0, 0.1) is 6.92 Å². The molecule has 1 heterocycles. The highest BCUT2D eigenvalue weighted by molar-refractivity contribution is 9.10. The molecule has 1 aromatic carbocycles. The van der Waals surface area contributed by atoms with Gasteiger partial charge in [0.05, 0.1) is 0 Å². The van der Waals surface area contributed by atoms with Gasteiger partial charge >= 0.3 is 0 Å². The van der Waals surface area contributed by atoms with Crippen molar-refractivity contribution in [3.63, 3.8) is 0 Å². The van der Waals surface area contributed by atoms with Gasteiger partial charge in [0.1, 0.15) is 0 Å². The monoisotopic (exact) mass is 291 g/mol. The highest BCUT2D eigenvalue weighted by Gasteiger charge is 2.08. The Kier molecular flexibility index (Phi) is 3.49. The summed E-state index contributed by atoms with van der Waals surface area (Å²) in [5.41, 5.74) is 2.05. The van der Waals surface area contributed by atoms with E-state index in [4.69, 9.17) is 0 Å². The number of benzene rings is 1. The Morgan fingerprint density at radius 1 is 1.35 bits per heavy atom. The molecule has 2 rings (SSSR count). The number of halogens is 1. The van der Waals surface area contributed by atoms with Crippen molar-refractivity contribution in [3.05, 3.63) is 52.3 Å². The standard InChI is InChI=1S/C12H10BrN3O/c1-8-7-9(13)4-5-10(8)15-12(17)11-3-2-6-14-16-11/h2-7H,1H3,(H,15,17). The number of carbonyl (C=O) groups is 1. The van der Waals surface area contributed by atoms with E-state index in [-0.39, 0.29) is 5.91 Å². The molecule has 86 valence electrons. The summed E-state index contributed by atoms with van der Waals surface area (Å²) in [7, 11) is 0. The number of nitrogens with zero attached hydrogens (tertiary/aromatic N) is 2. The molecule has 2 aromatic rings. The maximum Gasteiger partial charge on any atom is 0.276 e. The Morgan fingerprint density at radius 2 is 2.18 bits per heavy atom. The first-order chi connectivity index (χ1) is 8.16. The van der Waals surface area contributed by atoms with Crippen molar-refractivity contribution in [3.8, 4) is 0 Å². The lowest BCUT2D eigenvalue weighted by molar-refractivity contribution is 0.102. The summed E-state index contributed by atoms with van der Waals surface area (Å²) in [6.07, 6.45) is 1.53. The maximum atomic E-state index is 11.8. The zero-order valence-electron chi connectivity index (χ0n) is 9.14. The van der Waals surface area contributed by atoms with Crippen LogP contribution in [-0.2, 0) is 0 Å². The lowest BCUT2D eigenvalue weighted by Crippen LogP contribution is -2.14. The van der Waals surface area contributed by atoms with Gasteiger partial charge in [-0.25, -0.2) is 0 Å². The van der Waals surface area contributed by atoms with Crippen LogP contribution in [0.15, 0.2) is 41.0 Å². The van der Waals surface area contributed by atoms with Gasteiger partial charge in [0.25, 0.3) is 5.91 Å². The second-order valence-corrected chi connectivity index (χ2v) is 4.44. The van der Waals surface area contributed by atoms with Gasteiger partial charge in [-0.15, -0.1) is 5.10 Å². The summed E-state index contributed by atoms with van der Waals surface area (Å²) in [6, 6.07) is 8.95. The van der Waals surface area contributed by atoms with E-state index in [0.717, 1.165) is 15.7 Å². The second kappa shape index (κ2) is 5.05. The molecule has 0 saturated heterocycles. The topological polar surface area (TPSA) is 54.9 Å². The van der Waals surface area contributed by atoms with Gasteiger partial charge in [-0.3, -0.25) is 4.79 Å². The van der Waals surface area contributed by atoms with E-state index in [0.29, 0.717) is 5.69 Å². The predicted molar refractivity (Wildman–Crippen MR) is 68.9 cm³/mol. The Bertz CT molecular complexity index is 543. The average molecular weight is 292 g/mol. The largest absolute Gasteiger partial charge is 0.320 e. The Labute approximate surface area is 107 Å². The first-order valence-electron chi connectivity index (χ1n) is 5.02. The molecule has 1 N–H and O–H groups in total. The molecule has 0 aliphatic rings. The van der Waals surface area contributed by atoms with Crippen LogP contribution in [0.25, 0.3) is 0 Å². The van der Waals surface area contributed by atoms with Crippen LogP contribution in [0.5, 0.6) is 0 Å². The van der Waals surface area contributed by atoms with E-state index in [2.05, 4.69) is 31.4 Å². The summed E-state index contributed by atoms with van der Waals surface area (Å²) in [6.45, 7) is 1.93. The maximum absolute atomic E-state index is 11.8. The number of hydrogen-bond acceptors (Lipinski definition) is 3. The fraction of sp³-hybridized carbons (Fsp3) is 0.0833. The van der Waals surface area contributed by atoms with Crippen molar-refractivity contribution in [1.82, 2.24) is 10.2 Å². The molecule has 0 aliphatic heterocycles. The SMILES string of the molecule is Cc1cc(Br)ccc1NC(=O)c1cccnn1. The van der Waals surface area contributed by atoms with Gasteiger partial charge in [-0.1, -0.05) is 15.9 Å². The molecule has 0 fully saturated rings. The van der Waals surface area contributed by atoms with Crippen molar-refractivity contribution in [2.75, 3.05) is 5.32 Å². The number of aromatic nitrogens is 2. The number of anilines is 1. The average Bonchev–Trinajstić information content (AvgIpc) is 2.34. The summed E-state index contributed by atoms with van der Waals surface area (Å²) in [5.74, 6) is -0.261. The Balaban J connectivity index is 2.19. The van der Waals surface area contributed by atoms with E-state index in [1.807, 2.05) is 25.1 Å². The van der Waals surface area contributed by atoms with E-state index < -0.39 is 0 Å². The molecule has 0 saturated carbocycles. The van der Waals surface area contributed by atoms with Crippen molar-refractivity contribution in [1.29, 1.82) is 0 Å². The number of aryl methyl sites for hydroxylation is 1. The Morgan fingerprint density at radius 3 is 2.82 bits per heavy atom. The van der Waals surface area contributed by atoms with Crippen LogP contribution >= 0.6 is 15.9 Å². The van der Waals surface area contributed by atoms with Gasteiger partial charge in [-0.2, -0.15) is 5.10 Å². The molecule has 5 heteroatoms. The third-order valence-corrected chi connectivity index (χ3v) is 2.73. The highest BCUT2D eigenvalue weighted by atomic mass is 79.9. The van der Waals surface area contributed by atoms with Gasteiger partial charge in [-0.05, 0) is 42.8 Å². The normalized spacial score (nSPS) is 10.0. The molecule has 0 spiro atoms. The number of rotatable bonds is 2. The lowest BCUT2D eigenvalue weighted by atomic mass is 10.2. The summed E-state index contributed by atoms with van der Waals surface area (Å²) in [5, 5.41) is 10.2. The van der Waals surface area contributed by atoms with E-state index in [9.17, 15) is 4.79 Å². The smallest absolute Gasteiger partial charge is 0.276 e.